The van der Waals surface area contributed by atoms with Gasteiger partial charge in [0.15, 0.2) is 0 Å². The van der Waals surface area contributed by atoms with Crippen LogP contribution in [0, 0.1) is 0 Å². The van der Waals surface area contributed by atoms with Gasteiger partial charge in [-0.1, -0.05) is 0 Å². The molecule has 0 saturated carbocycles. The molecule has 2 aromatic heterocycles. The van der Waals surface area contributed by atoms with E-state index in [0.717, 1.165) is 32.8 Å². The van der Waals surface area contributed by atoms with Crippen molar-refractivity contribution in [3.63, 3.8) is 0 Å². The number of aryl methyl sites for hydroxylation is 1. The lowest BCUT2D eigenvalue weighted by atomic mass is 9.97. The number of hydrogen-bond acceptors (Lipinski definition) is 5. The predicted octanol–water partition coefficient (Wildman–Crippen LogP) is 2.11. The van der Waals surface area contributed by atoms with Crippen molar-refractivity contribution in [3.8, 4) is 0 Å². The average molecular weight is 292 g/mol. The van der Waals surface area contributed by atoms with E-state index in [9.17, 15) is 0 Å². The summed E-state index contributed by atoms with van der Waals surface area (Å²) in [5.41, 5.74) is 2.68. The van der Waals surface area contributed by atoms with Crippen LogP contribution in [-0.4, -0.2) is 39.9 Å². The first-order valence-electron chi connectivity index (χ1n) is 6.96. The van der Waals surface area contributed by atoms with E-state index in [1.165, 1.54) is 16.3 Å². The van der Waals surface area contributed by atoms with Crippen molar-refractivity contribution in [1.82, 2.24) is 19.7 Å². The molecule has 0 aromatic carbocycles. The maximum atomic E-state index is 5.41. The Balaban J connectivity index is 1.81. The maximum absolute atomic E-state index is 5.41. The van der Waals surface area contributed by atoms with Gasteiger partial charge in [-0.15, -0.1) is 11.3 Å². The third-order valence-electron chi connectivity index (χ3n) is 3.73. The fourth-order valence-corrected chi connectivity index (χ4v) is 3.62. The lowest BCUT2D eigenvalue weighted by molar-refractivity contribution is 0.132. The molecule has 0 radical (unpaired) electrons. The summed E-state index contributed by atoms with van der Waals surface area (Å²) < 4.78 is 7.52. The SMILES string of the molecule is CCn1ncc2c1[C@@H](COC)CN(Cc1nccs1)C2. The third-order valence-corrected chi connectivity index (χ3v) is 4.49. The zero-order chi connectivity index (χ0) is 13.9. The second kappa shape index (κ2) is 6.03. The highest BCUT2D eigenvalue weighted by atomic mass is 32.1. The predicted molar refractivity (Wildman–Crippen MR) is 78.7 cm³/mol. The van der Waals surface area contributed by atoms with Crippen molar-refractivity contribution >= 4 is 11.3 Å². The monoisotopic (exact) mass is 292 g/mol. The minimum absolute atomic E-state index is 0.395. The first kappa shape index (κ1) is 13.7. The molecule has 1 aliphatic rings. The van der Waals surface area contributed by atoms with Gasteiger partial charge in [-0.25, -0.2) is 4.98 Å². The maximum Gasteiger partial charge on any atom is 0.107 e. The van der Waals surface area contributed by atoms with Gasteiger partial charge >= 0.3 is 0 Å². The van der Waals surface area contributed by atoms with E-state index in [2.05, 4.69) is 26.6 Å². The van der Waals surface area contributed by atoms with Crippen molar-refractivity contribution in [1.29, 1.82) is 0 Å². The van der Waals surface area contributed by atoms with Gasteiger partial charge in [-0.2, -0.15) is 5.10 Å². The van der Waals surface area contributed by atoms with E-state index < -0.39 is 0 Å². The minimum Gasteiger partial charge on any atom is -0.384 e. The smallest absolute Gasteiger partial charge is 0.107 e. The molecular weight excluding hydrogens is 272 g/mol. The van der Waals surface area contributed by atoms with Crippen molar-refractivity contribution in [2.75, 3.05) is 20.3 Å². The summed E-state index contributed by atoms with van der Waals surface area (Å²) in [7, 11) is 1.77. The van der Waals surface area contributed by atoms with E-state index in [-0.39, 0.29) is 0 Å². The number of ether oxygens (including phenoxy) is 1. The molecule has 0 amide bonds. The largest absolute Gasteiger partial charge is 0.384 e. The molecular formula is C14H20N4OS. The molecule has 3 rings (SSSR count). The van der Waals surface area contributed by atoms with Crippen LogP contribution in [0.2, 0.25) is 0 Å². The number of rotatable bonds is 5. The molecule has 5 nitrogen and oxygen atoms in total. The number of nitrogens with zero attached hydrogens (tertiary/aromatic N) is 4. The summed E-state index contributed by atoms with van der Waals surface area (Å²) in [6.45, 7) is 6.67. The van der Waals surface area contributed by atoms with Gasteiger partial charge in [0.2, 0.25) is 0 Å². The van der Waals surface area contributed by atoms with Crippen LogP contribution in [0.1, 0.15) is 29.1 Å². The second-order valence-electron chi connectivity index (χ2n) is 5.12. The van der Waals surface area contributed by atoms with Gasteiger partial charge in [0.1, 0.15) is 5.01 Å². The van der Waals surface area contributed by atoms with Gasteiger partial charge in [0, 0.05) is 55.5 Å². The van der Waals surface area contributed by atoms with E-state index >= 15 is 0 Å². The Hall–Kier alpha value is -1.24. The van der Waals surface area contributed by atoms with E-state index in [4.69, 9.17) is 4.74 Å². The Morgan fingerprint density at radius 3 is 3.10 bits per heavy atom. The van der Waals surface area contributed by atoms with Crippen LogP contribution in [0.3, 0.4) is 0 Å². The fraction of sp³-hybridized carbons (Fsp3) is 0.571. The van der Waals surface area contributed by atoms with Crippen LogP contribution in [0.4, 0.5) is 0 Å². The number of aromatic nitrogens is 3. The van der Waals surface area contributed by atoms with Crippen LogP contribution < -0.4 is 0 Å². The standard InChI is InChI=1S/C14H20N4OS/c1-3-18-14-11(6-16-18)7-17(8-12(14)10-19-2)9-13-15-4-5-20-13/h4-6,12H,3,7-10H2,1-2H3/t12-/m1/s1. The van der Waals surface area contributed by atoms with Crippen LogP contribution in [0.5, 0.6) is 0 Å². The second-order valence-corrected chi connectivity index (χ2v) is 6.10. The van der Waals surface area contributed by atoms with Gasteiger partial charge < -0.3 is 4.74 Å². The van der Waals surface area contributed by atoms with Crippen LogP contribution in [0.15, 0.2) is 17.8 Å². The highest BCUT2D eigenvalue weighted by Crippen LogP contribution is 2.29. The van der Waals surface area contributed by atoms with E-state index in [1.54, 1.807) is 18.4 Å². The molecule has 108 valence electrons. The highest BCUT2D eigenvalue weighted by molar-refractivity contribution is 7.09. The van der Waals surface area contributed by atoms with Crippen molar-refractivity contribution in [2.45, 2.75) is 32.5 Å². The van der Waals surface area contributed by atoms with Gasteiger partial charge in [-0.05, 0) is 6.92 Å². The zero-order valence-corrected chi connectivity index (χ0v) is 12.8. The van der Waals surface area contributed by atoms with Crippen LogP contribution in [0.25, 0.3) is 0 Å². The summed E-state index contributed by atoms with van der Waals surface area (Å²) >= 11 is 1.72. The first-order valence-corrected chi connectivity index (χ1v) is 7.84. The number of hydrogen-bond donors (Lipinski definition) is 0. The third kappa shape index (κ3) is 2.63. The summed E-state index contributed by atoms with van der Waals surface area (Å²) in [5.74, 6) is 0.395. The zero-order valence-electron chi connectivity index (χ0n) is 12.0. The van der Waals surface area contributed by atoms with Crippen LogP contribution in [-0.2, 0) is 24.4 Å². The molecule has 0 saturated heterocycles. The Labute approximate surface area is 123 Å². The molecule has 0 fully saturated rings. The molecule has 1 aliphatic heterocycles. The Kier molecular flexibility index (Phi) is 4.14. The number of methoxy groups -OCH3 is 1. The van der Waals surface area contributed by atoms with E-state index in [1.807, 2.05) is 17.8 Å². The quantitative estimate of drug-likeness (QED) is 0.846. The van der Waals surface area contributed by atoms with E-state index in [0.29, 0.717) is 5.92 Å². The summed E-state index contributed by atoms with van der Waals surface area (Å²) in [5, 5.41) is 7.71. The number of fused-ring (bicyclic) bond motifs is 1. The molecule has 3 heterocycles. The normalized spacial score (nSPS) is 19.2. The van der Waals surface area contributed by atoms with Crippen molar-refractivity contribution < 1.29 is 4.74 Å². The van der Waals surface area contributed by atoms with Gasteiger partial charge in [0.05, 0.1) is 19.3 Å². The Bertz CT molecular complexity index is 552. The molecule has 6 heteroatoms. The average Bonchev–Trinajstić information content (AvgIpc) is 3.08. The topological polar surface area (TPSA) is 43.2 Å². The molecule has 0 bridgehead atoms. The summed E-state index contributed by atoms with van der Waals surface area (Å²) in [6, 6.07) is 0. The summed E-state index contributed by atoms with van der Waals surface area (Å²) in [4.78, 5) is 6.82. The molecule has 0 aliphatic carbocycles. The Morgan fingerprint density at radius 1 is 1.50 bits per heavy atom. The Morgan fingerprint density at radius 2 is 2.40 bits per heavy atom. The molecule has 0 unspecified atom stereocenters. The summed E-state index contributed by atoms with van der Waals surface area (Å²) in [6.07, 6.45) is 3.88. The van der Waals surface area contributed by atoms with Crippen molar-refractivity contribution in [3.05, 3.63) is 34.0 Å². The van der Waals surface area contributed by atoms with Crippen molar-refractivity contribution in [2.24, 2.45) is 0 Å². The lowest BCUT2D eigenvalue weighted by Crippen LogP contribution is -2.35. The highest BCUT2D eigenvalue weighted by Gasteiger charge is 2.29. The van der Waals surface area contributed by atoms with Gasteiger partial charge in [-0.3, -0.25) is 9.58 Å². The molecule has 1 atom stereocenters. The fourth-order valence-electron chi connectivity index (χ4n) is 2.96. The minimum atomic E-state index is 0.395. The van der Waals surface area contributed by atoms with Crippen LogP contribution >= 0.6 is 11.3 Å². The molecule has 0 spiro atoms. The molecule has 20 heavy (non-hydrogen) atoms. The molecule has 2 aromatic rings. The molecule has 0 N–H and O–H groups in total. The first-order chi connectivity index (χ1) is 9.81. The lowest BCUT2D eigenvalue weighted by Gasteiger charge is -2.32. The van der Waals surface area contributed by atoms with Gasteiger partial charge in [0.25, 0.3) is 0 Å². The number of thiazole rings is 1.